The first-order chi connectivity index (χ1) is 15.2. The molecule has 4 rings (SSSR count). The van der Waals surface area contributed by atoms with Crippen LogP contribution in [0.25, 0.3) is 0 Å². The summed E-state index contributed by atoms with van der Waals surface area (Å²) < 4.78 is 16.7. The number of carbonyl (C=O) groups is 4. The smallest absolute Gasteiger partial charge is 0.309 e. The summed E-state index contributed by atoms with van der Waals surface area (Å²) in [5, 5.41) is 0. The summed E-state index contributed by atoms with van der Waals surface area (Å²) in [5.41, 5.74) is -2.26. The molecule has 0 N–H and O–H groups in total. The molecule has 8 heteroatoms. The zero-order valence-corrected chi connectivity index (χ0v) is 19.6. The lowest BCUT2D eigenvalue weighted by atomic mass is 9.50. The molecule has 0 unspecified atom stereocenters. The van der Waals surface area contributed by atoms with E-state index in [0.29, 0.717) is 45.3 Å². The predicted octanol–water partition coefficient (Wildman–Crippen LogP) is 1.78. The molecule has 2 aliphatic heterocycles. The molecule has 0 aromatic carbocycles. The Kier molecular flexibility index (Phi) is 5.99. The average Bonchev–Trinajstić information content (AvgIpc) is 3.21. The molecular formula is C24H35NO7. The first-order valence-corrected chi connectivity index (χ1v) is 11.7. The molecule has 178 valence electrons. The van der Waals surface area contributed by atoms with Gasteiger partial charge in [-0.2, -0.15) is 0 Å². The Labute approximate surface area is 189 Å². The first kappa shape index (κ1) is 23.4. The highest BCUT2D eigenvalue weighted by molar-refractivity contribution is 5.93. The van der Waals surface area contributed by atoms with Gasteiger partial charge in [-0.25, -0.2) is 0 Å². The lowest BCUT2D eigenvalue weighted by molar-refractivity contribution is -0.163. The maximum absolute atomic E-state index is 13.9. The van der Waals surface area contributed by atoms with Crippen molar-refractivity contribution in [2.24, 2.45) is 28.6 Å². The van der Waals surface area contributed by atoms with Crippen molar-refractivity contribution < 1.29 is 33.4 Å². The quantitative estimate of drug-likeness (QED) is 0.543. The summed E-state index contributed by atoms with van der Waals surface area (Å²) in [7, 11) is 4.70. The van der Waals surface area contributed by atoms with Crippen LogP contribution in [0.2, 0.25) is 0 Å². The number of ketones is 2. The molecule has 2 aliphatic carbocycles. The van der Waals surface area contributed by atoms with Gasteiger partial charge in [0.2, 0.25) is 0 Å². The van der Waals surface area contributed by atoms with E-state index in [-0.39, 0.29) is 29.3 Å². The molecule has 6 atom stereocenters. The lowest BCUT2D eigenvalue weighted by Crippen LogP contribution is -2.64. The molecule has 4 fully saturated rings. The summed E-state index contributed by atoms with van der Waals surface area (Å²) in [5.74, 6) is -1.77. The van der Waals surface area contributed by atoms with Crippen LogP contribution in [0.3, 0.4) is 0 Å². The van der Waals surface area contributed by atoms with Crippen molar-refractivity contribution in [3.63, 3.8) is 0 Å². The van der Waals surface area contributed by atoms with E-state index in [4.69, 9.17) is 14.2 Å². The third kappa shape index (κ3) is 2.94. The van der Waals surface area contributed by atoms with Crippen molar-refractivity contribution in [3.8, 4) is 0 Å². The molecule has 2 heterocycles. The summed E-state index contributed by atoms with van der Waals surface area (Å²) in [6, 6.07) is 0. The molecule has 0 amide bonds. The second-order valence-electron chi connectivity index (χ2n) is 10.2. The van der Waals surface area contributed by atoms with Crippen molar-refractivity contribution in [1.29, 1.82) is 0 Å². The maximum Gasteiger partial charge on any atom is 0.309 e. The molecule has 2 saturated heterocycles. The first-order valence-electron chi connectivity index (χ1n) is 11.7. The fraction of sp³-hybridized carbons (Fsp3) is 0.833. The van der Waals surface area contributed by atoms with Crippen molar-refractivity contribution in [2.75, 3.05) is 41.0 Å². The van der Waals surface area contributed by atoms with Crippen LogP contribution in [0.4, 0.5) is 0 Å². The third-order valence-corrected chi connectivity index (χ3v) is 9.15. The third-order valence-electron chi connectivity index (χ3n) is 9.15. The minimum atomic E-state index is -1.24. The Morgan fingerprint density at radius 3 is 2.62 bits per heavy atom. The van der Waals surface area contributed by atoms with Crippen LogP contribution in [0.15, 0.2) is 0 Å². The number of hydrogen-bond acceptors (Lipinski definition) is 8. The summed E-state index contributed by atoms with van der Waals surface area (Å²) >= 11 is 0. The van der Waals surface area contributed by atoms with Gasteiger partial charge in [-0.05, 0) is 32.2 Å². The van der Waals surface area contributed by atoms with Crippen LogP contribution in [0, 0.1) is 28.6 Å². The zero-order chi connectivity index (χ0) is 23.3. The molecule has 0 aromatic heterocycles. The highest BCUT2D eigenvalue weighted by Gasteiger charge is 2.82. The predicted molar refractivity (Wildman–Crippen MR) is 114 cm³/mol. The number of methoxy groups -OCH3 is 2. The summed E-state index contributed by atoms with van der Waals surface area (Å²) in [6.45, 7) is 3.69. The topological polar surface area (TPSA) is 99.2 Å². The van der Waals surface area contributed by atoms with Crippen LogP contribution in [0.1, 0.15) is 51.9 Å². The Hall–Kier alpha value is -1.80. The molecule has 32 heavy (non-hydrogen) atoms. The van der Waals surface area contributed by atoms with Crippen molar-refractivity contribution >= 4 is 23.5 Å². The van der Waals surface area contributed by atoms with Gasteiger partial charge in [0.15, 0.2) is 5.78 Å². The fourth-order valence-corrected chi connectivity index (χ4v) is 7.85. The number of carbonyl (C=O) groups excluding carboxylic acids is 4. The standard InChI is InChI=1S/C24H35NO7/c1-5-16(26)8-9-22-14-32-24-18(10-20(28)30-3)17(21(29)31-4)11-23(22,24)13-25(2)12-15(22)6-7-19(24)27/h15,17-18H,5-14H2,1-4H3/t15-,17-,18+,22-,23+,24+/m1/s1. The maximum atomic E-state index is 13.9. The Bertz CT molecular complexity index is 827. The van der Waals surface area contributed by atoms with E-state index in [1.54, 1.807) is 0 Å². The minimum absolute atomic E-state index is 0.0145. The molecule has 0 aromatic rings. The largest absolute Gasteiger partial charge is 0.469 e. The number of esters is 2. The Morgan fingerprint density at radius 2 is 1.97 bits per heavy atom. The molecule has 4 bridgehead atoms. The van der Waals surface area contributed by atoms with Gasteiger partial charge >= 0.3 is 11.9 Å². The summed E-state index contributed by atoms with van der Waals surface area (Å²) in [6.07, 6.45) is 3.02. The van der Waals surface area contributed by atoms with Crippen LogP contribution >= 0.6 is 0 Å². The molecule has 4 aliphatic rings. The van der Waals surface area contributed by atoms with E-state index < -0.39 is 34.8 Å². The number of hydrogen-bond donors (Lipinski definition) is 0. The molecule has 0 radical (unpaired) electrons. The number of nitrogens with zero attached hydrogens (tertiary/aromatic N) is 1. The Balaban J connectivity index is 1.89. The molecule has 1 spiro atoms. The van der Waals surface area contributed by atoms with Gasteiger partial charge < -0.3 is 19.1 Å². The normalized spacial score (nSPS) is 40.5. The monoisotopic (exact) mass is 449 g/mol. The van der Waals surface area contributed by atoms with Gasteiger partial charge in [0, 0.05) is 49.1 Å². The van der Waals surface area contributed by atoms with Crippen LogP contribution in [-0.4, -0.2) is 75.0 Å². The van der Waals surface area contributed by atoms with E-state index in [2.05, 4.69) is 4.90 Å². The van der Waals surface area contributed by atoms with Gasteiger partial charge in [0.25, 0.3) is 0 Å². The number of piperidine rings is 1. The van der Waals surface area contributed by atoms with Crippen molar-refractivity contribution in [2.45, 2.75) is 57.5 Å². The fourth-order valence-electron chi connectivity index (χ4n) is 7.85. The van der Waals surface area contributed by atoms with E-state index >= 15 is 0 Å². The van der Waals surface area contributed by atoms with E-state index in [1.807, 2.05) is 14.0 Å². The van der Waals surface area contributed by atoms with E-state index in [9.17, 15) is 19.2 Å². The minimum Gasteiger partial charge on any atom is -0.469 e. The molecule has 2 saturated carbocycles. The zero-order valence-electron chi connectivity index (χ0n) is 19.6. The average molecular weight is 450 g/mol. The SMILES string of the molecule is CCC(=O)CC[C@@]12CO[C@@]34C(=O)CC[C@@H]1CN(C)C[C@@]23C[C@@H](C(=O)OC)[C@@H]4CC(=O)OC. The van der Waals surface area contributed by atoms with Crippen molar-refractivity contribution in [1.82, 2.24) is 4.90 Å². The van der Waals surface area contributed by atoms with E-state index in [0.717, 1.165) is 13.0 Å². The highest BCUT2D eigenvalue weighted by Crippen LogP contribution is 2.74. The molecule has 8 nitrogen and oxygen atoms in total. The Morgan fingerprint density at radius 1 is 1.22 bits per heavy atom. The second kappa shape index (κ2) is 8.20. The highest BCUT2D eigenvalue weighted by atomic mass is 16.5. The molecular weight excluding hydrogens is 414 g/mol. The van der Waals surface area contributed by atoms with Crippen LogP contribution in [0.5, 0.6) is 0 Å². The second-order valence-corrected chi connectivity index (χ2v) is 10.2. The van der Waals surface area contributed by atoms with Crippen LogP contribution < -0.4 is 0 Å². The lowest BCUT2D eigenvalue weighted by Gasteiger charge is -2.56. The van der Waals surface area contributed by atoms with Crippen molar-refractivity contribution in [3.05, 3.63) is 0 Å². The van der Waals surface area contributed by atoms with E-state index in [1.165, 1.54) is 14.2 Å². The van der Waals surface area contributed by atoms with Gasteiger partial charge in [-0.1, -0.05) is 6.92 Å². The summed E-state index contributed by atoms with van der Waals surface area (Å²) in [4.78, 5) is 53.9. The number of likely N-dealkylation sites (tertiary alicyclic amines) is 1. The van der Waals surface area contributed by atoms with Gasteiger partial charge in [-0.15, -0.1) is 0 Å². The van der Waals surface area contributed by atoms with Gasteiger partial charge in [-0.3, -0.25) is 19.2 Å². The van der Waals surface area contributed by atoms with Crippen LogP contribution in [-0.2, 0) is 33.4 Å². The number of ether oxygens (including phenoxy) is 3. The number of rotatable bonds is 7. The van der Waals surface area contributed by atoms with Gasteiger partial charge in [0.1, 0.15) is 11.4 Å². The van der Waals surface area contributed by atoms with Gasteiger partial charge in [0.05, 0.1) is 33.2 Å². The number of Topliss-reactive ketones (excluding diaryl/α,β-unsaturated/α-hetero) is 2.